The Morgan fingerprint density at radius 3 is 2.42 bits per heavy atom. The predicted octanol–water partition coefficient (Wildman–Crippen LogP) is 3.32. The molecule has 0 aliphatic carbocycles. The molecule has 2 aromatic carbocycles. The molecule has 0 spiro atoms. The molecule has 0 bridgehead atoms. The highest BCUT2D eigenvalue weighted by atomic mass is 32.2. The van der Waals surface area contributed by atoms with Gasteiger partial charge in [0.1, 0.15) is 5.58 Å². The van der Waals surface area contributed by atoms with Crippen molar-refractivity contribution in [3.8, 4) is 0 Å². The second kappa shape index (κ2) is 7.31. The van der Waals surface area contributed by atoms with Crippen LogP contribution in [0.3, 0.4) is 0 Å². The van der Waals surface area contributed by atoms with Gasteiger partial charge in [-0.2, -0.15) is 0 Å². The van der Waals surface area contributed by atoms with Crippen molar-refractivity contribution in [2.75, 3.05) is 0 Å². The van der Waals surface area contributed by atoms with Crippen LogP contribution >= 0.6 is 0 Å². The van der Waals surface area contributed by atoms with Gasteiger partial charge in [-0.05, 0) is 37.1 Å². The fourth-order valence-corrected chi connectivity index (χ4v) is 3.58. The standard InChI is InChI=1S/C19H20N2O4S/c1-3-6-14-9-11-15(12-10-14)26(23,24)21-20-19(22)18-13(2)16-7-4-5-8-17(16)25-18/h4-5,7-12,21H,3,6H2,1-2H3,(H,20,22). The molecule has 1 heterocycles. The van der Waals surface area contributed by atoms with Crippen molar-refractivity contribution in [1.82, 2.24) is 10.3 Å². The van der Waals surface area contributed by atoms with E-state index in [1.54, 1.807) is 31.2 Å². The first-order valence-electron chi connectivity index (χ1n) is 8.31. The molecule has 1 aromatic heterocycles. The molecule has 7 heteroatoms. The first-order chi connectivity index (χ1) is 12.4. The van der Waals surface area contributed by atoms with Crippen LogP contribution in [0.25, 0.3) is 11.0 Å². The number of carbonyl (C=O) groups is 1. The van der Waals surface area contributed by atoms with Gasteiger partial charge >= 0.3 is 5.91 Å². The molecule has 3 aromatic rings. The zero-order valence-corrected chi connectivity index (χ0v) is 15.4. The number of rotatable bonds is 6. The molecule has 0 unspecified atom stereocenters. The number of furan rings is 1. The Morgan fingerprint density at radius 2 is 1.77 bits per heavy atom. The molecule has 136 valence electrons. The van der Waals surface area contributed by atoms with E-state index < -0.39 is 15.9 Å². The van der Waals surface area contributed by atoms with E-state index in [9.17, 15) is 13.2 Å². The maximum atomic E-state index is 12.3. The molecule has 3 rings (SSSR count). The monoisotopic (exact) mass is 372 g/mol. The Morgan fingerprint density at radius 1 is 1.08 bits per heavy atom. The van der Waals surface area contributed by atoms with E-state index in [0.29, 0.717) is 11.1 Å². The maximum absolute atomic E-state index is 12.3. The summed E-state index contributed by atoms with van der Waals surface area (Å²) >= 11 is 0. The Kier molecular flexibility index (Phi) is 5.11. The van der Waals surface area contributed by atoms with Gasteiger partial charge in [0, 0.05) is 10.9 Å². The van der Waals surface area contributed by atoms with E-state index in [0.717, 1.165) is 23.8 Å². The number of amides is 1. The number of hydrogen-bond acceptors (Lipinski definition) is 4. The highest BCUT2D eigenvalue weighted by Gasteiger charge is 2.20. The molecule has 0 atom stereocenters. The van der Waals surface area contributed by atoms with Crippen molar-refractivity contribution in [2.45, 2.75) is 31.6 Å². The summed E-state index contributed by atoms with van der Waals surface area (Å²) in [5.74, 6) is -0.572. The smallest absolute Gasteiger partial charge is 0.302 e. The van der Waals surface area contributed by atoms with Crippen molar-refractivity contribution >= 4 is 26.9 Å². The largest absolute Gasteiger partial charge is 0.451 e. The minimum atomic E-state index is -3.86. The van der Waals surface area contributed by atoms with Gasteiger partial charge in [0.15, 0.2) is 5.76 Å². The number of nitrogens with one attached hydrogen (secondary N) is 2. The van der Waals surface area contributed by atoms with Crippen molar-refractivity contribution < 1.29 is 17.6 Å². The van der Waals surface area contributed by atoms with Crippen molar-refractivity contribution in [3.63, 3.8) is 0 Å². The summed E-state index contributed by atoms with van der Waals surface area (Å²) in [7, 11) is -3.86. The SMILES string of the molecule is CCCc1ccc(S(=O)(=O)NNC(=O)c2oc3ccccc3c2C)cc1. The molecule has 1 amide bonds. The zero-order chi connectivity index (χ0) is 18.7. The molecular formula is C19H20N2O4S. The minimum Gasteiger partial charge on any atom is -0.451 e. The normalized spacial score (nSPS) is 11.6. The Bertz CT molecular complexity index is 1040. The van der Waals surface area contributed by atoms with E-state index in [1.165, 1.54) is 12.1 Å². The Balaban J connectivity index is 1.74. The highest BCUT2D eigenvalue weighted by Crippen LogP contribution is 2.24. The predicted molar refractivity (Wildman–Crippen MR) is 99.2 cm³/mol. The number of hydrazine groups is 1. The van der Waals surface area contributed by atoms with Crippen LogP contribution in [-0.2, 0) is 16.4 Å². The summed E-state index contributed by atoms with van der Waals surface area (Å²) in [6.07, 6.45) is 1.87. The van der Waals surface area contributed by atoms with Gasteiger partial charge in [-0.15, -0.1) is 4.83 Å². The second-order valence-corrected chi connectivity index (χ2v) is 7.69. The molecule has 0 saturated heterocycles. The van der Waals surface area contributed by atoms with E-state index in [1.807, 2.05) is 12.1 Å². The van der Waals surface area contributed by atoms with Gasteiger partial charge in [0.05, 0.1) is 4.90 Å². The number of carbonyl (C=O) groups excluding carboxylic acids is 1. The van der Waals surface area contributed by atoms with Crippen molar-refractivity contribution in [3.05, 3.63) is 65.4 Å². The van der Waals surface area contributed by atoms with E-state index in [-0.39, 0.29) is 10.7 Å². The highest BCUT2D eigenvalue weighted by molar-refractivity contribution is 7.89. The van der Waals surface area contributed by atoms with E-state index >= 15 is 0 Å². The molecule has 0 aliphatic heterocycles. The van der Waals surface area contributed by atoms with Crippen molar-refractivity contribution in [2.24, 2.45) is 0 Å². The summed E-state index contributed by atoms with van der Waals surface area (Å²) in [5, 5.41) is 0.812. The fraction of sp³-hybridized carbons (Fsp3) is 0.211. The van der Waals surface area contributed by atoms with Crippen molar-refractivity contribution in [1.29, 1.82) is 0 Å². The van der Waals surface area contributed by atoms with Crippen LogP contribution in [0, 0.1) is 6.92 Å². The third kappa shape index (κ3) is 3.63. The molecular weight excluding hydrogens is 352 g/mol. The lowest BCUT2D eigenvalue weighted by Gasteiger charge is -2.08. The number of aryl methyl sites for hydroxylation is 2. The summed E-state index contributed by atoms with van der Waals surface area (Å²) in [5.41, 5.74) is 4.50. The summed E-state index contributed by atoms with van der Waals surface area (Å²) in [6, 6.07) is 13.8. The quantitative estimate of drug-likeness (QED) is 0.650. The molecule has 2 N–H and O–H groups in total. The van der Waals surface area contributed by atoms with Crippen LogP contribution in [-0.4, -0.2) is 14.3 Å². The van der Waals surface area contributed by atoms with Gasteiger partial charge in [-0.3, -0.25) is 10.2 Å². The molecule has 6 nitrogen and oxygen atoms in total. The molecule has 0 fully saturated rings. The molecule has 0 radical (unpaired) electrons. The van der Waals surface area contributed by atoms with Crippen LogP contribution < -0.4 is 10.3 Å². The Labute approximate surface area is 152 Å². The van der Waals surface area contributed by atoms with Crippen LogP contribution in [0.15, 0.2) is 57.8 Å². The number of sulfonamides is 1. The minimum absolute atomic E-state index is 0.0761. The first-order valence-corrected chi connectivity index (χ1v) is 9.80. The van der Waals surface area contributed by atoms with Crippen LogP contribution in [0.1, 0.15) is 35.0 Å². The van der Waals surface area contributed by atoms with Gasteiger partial charge in [0.2, 0.25) is 0 Å². The maximum Gasteiger partial charge on any atom is 0.302 e. The average Bonchev–Trinajstić information content (AvgIpc) is 2.98. The lowest BCUT2D eigenvalue weighted by molar-refractivity contribution is 0.0918. The fourth-order valence-electron chi connectivity index (χ4n) is 2.74. The number of benzene rings is 2. The third-order valence-corrected chi connectivity index (χ3v) is 5.38. The van der Waals surface area contributed by atoms with Crippen LogP contribution in [0.2, 0.25) is 0 Å². The topological polar surface area (TPSA) is 88.4 Å². The number of fused-ring (bicyclic) bond motifs is 1. The molecule has 0 aliphatic rings. The summed E-state index contributed by atoms with van der Waals surface area (Å²) in [6.45, 7) is 3.81. The lowest BCUT2D eigenvalue weighted by atomic mass is 10.1. The average molecular weight is 372 g/mol. The van der Waals surface area contributed by atoms with Gasteiger partial charge in [-0.25, -0.2) is 8.42 Å². The van der Waals surface area contributed by atoms with Gasteiger partial charge < -0.3 is 4.42 Å². The van der Waals surface area contributed by atoms with E-state index in [4.69, 9.17) is 4.42 Å². The second-order valence-electron chi connectivity index (χ2n) is 6.01. The number of para-hydroxylation sites is 1. The number of hydrogen-bond donors (Lipinski definition) is 2. The summed E-state index contributed by atoms with van der Waals surface area (Å²) < 4.78 is 30.2. The van der Waals surface area contributed by atoms with Gasteiger partial charge in [0.25, 0.3) is 10.0 Å². The summed E-state index contributed by atoms with van der Waals surface area (Å²) in [4.78, 5) is 14.5. The van der Waals surface area contributed by atoms with Crippen LogP contribution in [0.4, 0.5) is 0 Å². The Hall–Kier alpha value is -2.64. The first kappa shape index (κ1) is 18.2. The zero-order valence-electron chi connectivity index (χ0n) is 14.6. The lowest BCUT2D eigenvalue weighted by Crippen LogP contribution is -2.41. The van der Waals surface area contributed by atoms with E-state index in [2.05, 4.69) is 17.2 Å². The third-order valence-electron chi connectivity index (χ3n) is 4.12. The molecule has 26 heavy (non-hydrogen) atoms. The van der Waals surface area contributed by atoms with Gasteiger partial charge in [-0.1, -0.05) is 43.7 Å². The van der Waals surface area contributed by atoms with Crippen LogP contribution in [0.5, 0.6) is 0 Å². The molecule has 0 saturated carbocycles.